The lowest BCUT2D eigenvalue weighted by Gasteiger charge is -2.18. The van der Waals surface area contributed by atoms with E-state index < -0.39 is 0 Å². The zero-order valence-corrected chi connectivity index (χ0v) is 10.7. The number of aryl methyl sites for hydroxylation is 2. The van der Waals surface area contributed by atoms with Gasteiger partial charge in [0, 0.05) is 11.3 Å². The summed E-state index contributed by atoms with van der Waals surface area (Å²) < 4.78 is 5.33. The maximum absolute atomic E-state index is 11.3. The predicted molar refractivity (Wildman–Crippen MR) is 71.1 cm³/mol. The van der Waals surface area contributed by atoms with Gasteiger partial charge in [0.2, 0.25) is 0 Å². The van der Waals surface area contributed by atoms with E-state index in [4.69, 9.17) is 4.74 Å². The highest BCUT2D eigenvalue weighted by atomic mass is 16.5. The van der Waals surface area contributed by atoms with Crippen LogP contribution in [0.1, 0.15) is 11.5 Å². The molecule has 0 saturated carbocycles. The third-order valence-corrected chi connectivity index (χ3v) is 2.87. The number of hydrogen-bond donors (Lipinski definition) is 1. The summed E-state index contributed by atoms with van der Waals surface area (Å²) in [7, 11) is 0. The van der Waals surface area contributed by atoms with Gasteiger partial charge in [0.1, 0.15) is 11.6 Å². The molecule has 19 heavy (non-hydrogen) atoms. The van der Waals surface area contributed by atoms with Crippen LogP contribution in [-0.2, 0) is 4.79 Å². The number of carbonyl (C=O) groups excluding carboxylic acids is 1. The number of benzene rings is 1. The third-order valence-electron chi connectivity index (χ3n) is 2.87. The van der Waals surface area contributed by atoms with Gasteiger partial charge in [0.15, 0.2) is 6.61 Å². The molecular weight excluding hydrogens is 242 g/mol. The summed E-state index contributed by atoms with van der Waals surface area (Å²) in [6, 6.07) is 7.56. The number of amides is 1. The number of ether oxygens (including phenoxy) is 1. The van der Waals surface area contributed by atoms with E-state index in [1.807, 2.05) is 38.1 Å². The highest BCUT2D eigenvalue weighted by Crippen LogP contribution is 2.32. The normalized spacial score (nSPS) is 13.5. The Morgan fingerprint density at radius 3 is 2.84 bits per heavy atom. The topological polar surface area (TPSA) is 64.1 Å². The van der Waals surface area contributed by atoms with Gasteiger partial charge in [0.05, 0.1) is 11.4 Å². The summed E-state index contributed by atoms with van der Waals surface area (Å²) in [6.07, 6.45) is 0. The number of anilines is 1. The van der Waals surface area contributed by atoms with Crippen LogP contribution >= 0.6 is 0 Å². The van der Waals surface area contributed by atoms with Gasteiger partial charge in [-0.25, -0.2) is 9.97 Å². The zero-order valence-electron chi connectivity index (χ0n) is 10.7. The second kappa shape index (κ2) is 4.35. The summed E-state index contributed by atoms with van der Waals surface area (Å²) in [5.74, 6) is 1.28. The van der Waals surface area contributed by atoms with Crippen molar-refractivity contribution in [2.75, 3.05) is 11.9 Å². The monoisotopic (exact) mass is 255 g/mol. The van der Waals surface area contributed by atoms with E-state index in [1.165, 1.54) is 0 Å². The van der Waals surface area contributed by atoms with E-state index in [0.717, 1.165) is 22.8 Å². The van der Waals surface area contributed by atoms with Crippen molar-refractivity contribution in [1.82, 2.24) is 9.97 Å². The van der Waals surface area contributed by atoms with Gasteiger partial charge in [0.25, 0.3) is 5.91 Å². The Balaban J connectivity index is 2.06. The summed E-state index contributed by atoms with van der Waals surface area (Å²) in [4.78, 5) is 20.0. The first kappa shape index (κ1) is 11.6. The molecular formula is C14H13N3O2. The Kier molecular flexibility index (Phi) is 2.67. The van der Waals surface area contributed by atoms with Gasteiger partial charge in [-0.3, -0.25) is 4.79 Å². The van der Waals surface area contributed by atoms with Crippen molar-refractivity contribution >= 4 is 11.6 Å². The molecule has 5 heteroatoms. The second-order valence-electron chi connectivity index (χ2n) is 4.49. The molecule has 1 amide bonds. The number of fused-ring (bicyclic) bond motifs is 1. The van der Waals surface area contributed by atoms with Crippen LogP contribution in [0.2, 0.25) is 0 Å². The smallest absolute Gasteiger partial charge is 0.262 e. The van der Waals surface area contributed by atoms with Crippen LogP contribution < -0.4 is 10.1 Å². The maximum Gasteiger partial charge on any atom is 0.262 e. The van der Waals surface area contributed by atoms with Crippen molar-refractivity contribution in [3.63, 3.8) is 0 Å². The molecule has 5 nitrogen and oxygen atoms in total. The van der Waals surface area contributed by atoms with Crippen molar-refractivity contribution < 1.29 is 9.53 Å². The fourth-order valence-electron chi connectivity index (χ4n) is 2.11. The van der Waals surface area contributed by atoms with E-state index in [1.54, 1.807) is 0 Å². The molecule has 1 aromatic carbocycles. The Morgan fingerprint density at radius 1 is 1.21 bits per heavy atom. The van der Waals surface area contributed by atoms with E-state index >= 15 is 0 Å². The minimum Gasteiger partial charge on any atom is -0.482 e. The number of hydrogen-bond acceptors (Lipinski definition) is 4. The number of rotatable bonds is 1. The summed E-state index contributed by atoms with van der Waals surface area (Å²) in [5, 5.41) is 2.79. The summed E-state index contributed by atoms with van der Waals surface area (Å²) in [5.41, 5.74) is 3.37. The molecule has 0 unspecified atom stereocenters. The lowest BCUT2D eigenvalue weighted by atomic mass is 10.1. The molecule has 1 aromatic heterocycles. The fraction of sp³-hybridized carbons (Fsp3) is 0.214. The molecule has 0 fully saturated rings. The number of nitrogens with zero attached hydrogens (tertiary/aromatic N) is 2. The first-order valence-electron chi connectivity index (χ1n) is 6.01. The highest BCUT2D eigenvalue weighted by molar-refractivity contribution is 5.96. The number of aromatic nitrogens is 2. The van der Waals surface area contributed by atoms with Gasteiger partial charge in [-0.1, -0.05) is 0 Å². The van der Waals surface area contributed by atoms with Crippen molar-refractivity contribution in [1.29, 1.82) is 0 Å². The van der Waals surface area contributed by atoms with Crippen LogP contribution in [0.3, 0.4) is 0 Å². The molecule has 0 bridgehead atoms. The van der Waals surface area contributed by atoms with Crippen LogP contribution in [0.5, 0.6) is 5.75 Å². The molecule has 0 radical (unpaired) electrons. The van der Waals surface area contributed by atoms with Gasteiger partial charge in [-0.05, 0) is 38.1 Å². The van der Waals surface area contributed by atoms with Crippen molar-refractivity contribution in [2.45, 2.75) is 13.8 Å². The molecule has 96 valence electrons. The van der Waals surface area contributed by atoms with Crippen LogP contribution in [0.25, 0.3) is 11.3 Å². The molecule has 1 N–H and O–H groups in total. The molecule has 1 aliphatic heterocycles. The average molecular weight is 255 g/mol. The summed E-state index contributed by atoms with van der Waals surface area (Å²) in [6.45, 7) is 3.86. The van der Waals surface area contributed by atoms with Crippen LogP contribution in [0.15, 0.2) is 24.3 Å². The van der Waals surface area contributed by atoms with E-state index in [-0.39, 0.29) is 12.5 Å². The fourth-order valence-corrected chi connectivity index (χ4v) is 2.11. The maximum atomic E-state index is 11.3. The molecule has 0 aliphatic carbocycles. The lowest BCUT2D eigenvalue weighted by Crippen LogP contribution is -2.25. The van der Waals surface area contributed by atoms with Crippen molar-refractivity contribution in [3.05, 3.63) is 35.8 Å². The molecule has 2 heterocycles. The molecule has 0 saturated heterocycles. The van der Waals surface area contributed by atoms with Gasteiger partial charge in [-0.2, -0.15) is 0 Å². The van der Waals surface area contributed by atoms with Gasteiger partial charge >= 0.3 is 0 Å². The minimum atomic E-state index is -0.139. The minimum absolute atomic E-state index is 0.0675. The lowest BCUT2D eigenvalue weighted by molar-refractivity contribution is -0.118. The van der Waals surface area contributed by atoms with Crippen molar-refractivity contribution in [2.24, 2.45) is 0 Å². The average Bonchev–Trinajstić information content (AvgIpc) is 2.36. The number of nitrogens with one attached hydrogen (secondary N) is 1. The van der Waals surface area contributed by atoms with Crippen molar-refractivity contribution in [3.8, 4) is 17.0 Å². The Labute approximate surface area is 110 Å². The molecule has 1 aliphatic rings. The number of carbonyl (C=O) groups is 1. The Bertz CT molecular complexity index is 647. The quantitative estimate of drug-likeness (QED) is 0.847. The first-order chi connectivity index (χ1) is 9.11. The van der Waals surface area contributed by atoms with Crippen LogP contribution in [0.4, 0.5) is 5.69 Å². The van der Waals surface area contributed by atoms with Crippen LogP contribution in [0, 0.1) is 13.8 Å². The molecule has 2 aromatic rings. The van der Waals surface area contributed by atoms with Gasteiger partial charge < -0.3 is 10.1 Å². The largest absolute Gasteiger partial charge is 0.482 e. The predicted octanol–water partition coefficient (Wildman–Crippen LogP) is 2.09. The highest BCUT2D eigenvalue weighted by Gasteiger charge is 2.16. The van der Waals surface area contributed by atoms with Crippen LogP contribution in [-0.4, -0.2) is 22.5 Å². The second-order valence-corrected chi connectivity index (χ2v) is 4.49. The van der Waals surface area contributed by atoms with Gasteiger partial charge in [-0.15, -0.1) is 0 Å². The van der Waals surface area contributed by atoms with E-state index in [0.29, 0.717) is 11.4 Å². The molecule has 0 atom stereocenters. The SMILES string of the molecule is Cc1cc(-c2ccc3c(c2)NC(=O)CO3)nc(C)n1. The Morgan fingerprint density at radius 2 is 2.05 bits per heavy atom. The standard InChI is InChI=1S/C14H13N3O2/c1-8-5-11(16-9(2)15-8)10-3-4-13-12(6-10)17-14(18)7-19-13/h3-6H,7H2,1-2H3,(H,17,18). The molecule has 0 spiro atoms. The zero-order chi connectivity index (χ0) is 13.4. The van der Waals surface area contributed by atoms with E-state index in [9.17, 15) is 4.79 Å². The summed E-state index contributed by atoms with van der Waals surface area (Å²) >= 11 is 0. The third kappa shape index (κ3) is 2.27. The van der Waals surface area contributed by atoms with E-state index in [2.05, 4.69) is 15.3 Å². The Hall–Kier alpha value is -2.43. The molecule has 3 rings (SSSR count). The first-order valence-corrected chi connectivity index (χ1v) is 6.01.